The molecule has 2 heterocycles. The molecular weight excluding hydrogens is 304 g/mol. The van der Waals surface area contributed by atoms with Gasteiger partial charge in [0, 0.05) is 10.9 Å². The maximum atomic E-state index is 12.6. The standard InChI is InChI=1S/C16H24N2OS.ClH/c1-11(12-4-3-8-17-10-12)18-16(19)14-5-2-6-15-13(14)7-9-20-15;/h7,9,11-12,14,17H,2-6,8,10H2,1H3,(H,18,19);1H. The molecule has 0 spiro atoms. The van der Waals surface area contributed by atoms with Crippen molar-refractivity contribution in [3.63, 3.8) is 0 Å². The van der Waals surface area contributed by atoms with Gasteiger partial charge in [0.25, 0.3) is 0 Å². The third kappa shape index (κ3) is 3.79. The Labute approximate surface area is 137 Å². The third-order valence-electron chi connectivity index (χ3n) is 4.78. The molecule has 2 aliphatic rings. The van der Waals surface area contributed by atoms with Gasteiger partial charge in [-0.25, -0.2) is 0 Å². The number of fused-ring (bicyclic) bond motifs is 1. The number of carbonyl (C=O) groups is 1. The van der Waals surface area contributed by atoms with Crippen molar-refractivity contribution >= 4 is 29.7 Å². The molecule has 1 aromatic heterocycles. The van der Waals surface area contributed by atoms with E-state index in [1.54, 1.807) is 11.3 Å². The van der Waals surface area contributed by atoms with Crippen molar-refractivity contribution in [2.24, 2.45) is 5.92 Å². The normalized spacial score (nSPS) is 26.3. The smallest absolute Gasteiger partial charge is 0.227 e. The fraction of sp³-hybridized carbons (Fsp3) is 0.688. The van der Waals surface area contributed by atoms with Crippen LogP contribution in [0.1, 0.15) is 49.0 Å². The predicted molar refractivity (Wildman–Crippen MR) is 90.4 cm³/mol. The summed E-state index contributed by atoms with van der Waals surface area (Å²) in [5.41, 5.74) is 1.28. The molecule has 2 N–H and O–H groups in total. The number of carbonyl (C=O) groups excluding carboxylic acids is 1. The quantitative estimate of drug-likeness (QED) is 0.895. The summed E-state index contributed by atoms with van der Waals surface area (Å²) in [6, 6.07) is 2.43. The Morgan fingerprint density at radius 3 is 3.05 bits per heavy atom. The van der Waals surface area contributed by atoms with E-state index in [1.807, 2.05) is 0 Å². The highest BCUT2D eigenvalue weighted by molar-refractivity contribution is 7.10. The minimum atomic E-state index is 0. The van der Waals surface area contributed by atoms with Crippen LogP contribution < -0.4 is 10.6 Å². The molecule has 0 saturated carbocycles. The Kier molecular flexibility index (Phi) is 6.08. The minimum absolute atomic E-state index is 0. The number of amides is 1. The van der Waals surface area contributed by atoms with E-state index in [0.717, 1.165) is 32.4 Å². The second-order valence-electron chi connectivity index (χ2n) is 6.15. The van der Waals surface area contributed by atoms with Gasteiger partial charge in [0.2, 0.25) is 5.91 Å². The summed E-state index contributed by atoms with van der Waals surface area (Å²) in [4.78, 5) is 14.0. The number of aryl methyl sites for hydroxylation is 1. The van der Waals surface area contributed by atoms with Crippen molar-refractivity contribution in [2.45, 2.75) is 51.0 Å². The summed E-state index contributed by atoms with van der Waals surface area (Å²) in [5, 5.41) is 8.84. The van der Waals surface area contributed by atoms with Crippen LogP contribution in [0.4, 0.5) is 0 Å². The van der Waals surface area contributed by atoms with Crippen LogP contribution in [0.3, 0.4) is 0 Å². The average Bonchev–Trinajstić information content (AvgIpc) is 2.96. The molecule has 118 valence electrons. The van der Waals surface area contributed by atoms with Crippen LogP contribution in [0.5, 0.6) is 0 Å². The summed E-state index contributed by atoms with van der Waals surface area (Å²) in [7, 11) is 0. The molecule has 5 heteroatoms. The minimum Gasteiger partial charge on any atom is -0.353 e. The summed E-state index contributed by atoms with van der Waals surface area (Å²) in [5.74, 6) is 0.907. The zero-order chi connectivity index (χ0) is 13.9. The first-order valence-electron chi connectivity index (χ1n) is 7.83. The number of nitrogens with one attached hydrogen (secondary N) is 2. The molecule has 1 aliphatic heterocycles. The summed E-state index contributed by atoms with van der Waals surface area (Å²) < 4.78 is 0. The summed E-state index contributed by atoms with van der Waals surface area (Å²) >= 11 is 1.80. The number of hydrogen-bond acceptors (Lipinski definition) is 3. The van der Waals surface area contributed by atoms with E-state index in [-0.39, 0.29) is 30.3 Å². The number of hydrogen-bond donors (Lipinski definition) is 2. The lowest BCUT2D eigenvalue weighted by Gasteiger charge is -2.31. The van der Waals surface area contributed by atoms with Crippen LogP contribution in [0.15, 0.2) is 11.4 Å². The van der Waals surface area contributed by atoms with Crippen molar-refractivity contribution in [1.82, 2.24) is 10.6 Å². The number of piperidine rings is 1. The number of rotatable bonds is 3. The van der Waals surface area contributed by atoms with Gasteiger partial charge in [-0.05, 0) is 75.0 Å². The van der Waals surface area contributed by atoms with E-state index < -0.39 is 0 Å². The van der Waals surface area contributed by atoms with E-state index in [1.165, 1.54) is 23.3 Å². The molecule has 1 aromatic rings. The average molecular weight is 329 g/mol. The molecule has 3 nitrogen and oxygen atoms in total. The Morgan fingerprint density at radius 1 is 1.43 bits per heavy atom. The highest BCUT2D eigenvalue weighted by Gasteiger charge is 2.29. The second-order valence-corrected chi connectivity index (χ2v) is 7.15. The Balaban J connectivity index is 0.00000161. The van der Waals surface area contributed by atoms with Gasteiger partial charge in [0.1, 0.15) is 0 Å². The lowest BCUT2D eigenvalue weighted by molar-refractivity contribution is -0.123. The topological polar surface area (TPSA) is 41.1 Å². The Bertz CT molecular complexity index is 471. The highest BCUT2D eigenvalue weighted by Crippen LogP contribution is 2.35. The van der Waals surface area contributed by atoms with Gasteiger partial charge < -0.3 is 10.6 Å². The third-order valence-corrected chi connectivity index (χ3v) is 5.78. The zero-order valence-corrected chi connectivity index (χ0v) is 14.2. The van der Waals surface area contributed by atoms with E-state index in [2.05, 4.69) is 29.0 Å². The fourth-order valence-corrected chi connectivity index (χ4v) is 4.49. The first-order valence-corrected chi connectivity index (χ1v) is 8.71. The molecular formula is C16H25ClN2OS. The van der Waals surface area contributed by atoms with Gasteiger partial charge in [-0.1, -0.05) is 0 Å². The molecule has 3 atom stereocenters. The second kappa shape index (κ2) is 7.61. The number of halogens is 1. The van der Waals surface area contributed by atoms with Crippen LogP contribution in [0.25, 0.3) is 0 Å². The molecule has 1 amide bonds. The van der Waals surface area contributed by atoms with Crippen LogP contribution >= 0.6 is 23.7 Å². The van der Waals surface area contributed by atoms with E-state index in [4.69, 9.17) is 0 Å². The molecule has 3 rings (SSSR count). The first-order chi connectivity index (χ1) is 9.75. The molecule has 1 aliphatic carbocycles. The SMILES string of the molecule is CC(NC(=O)C1CCCc2sccc21)C1CCCNC1.Cl. The molecule has 0 bridgehead atoms. The monoisotopic (exact) mass is 328 g/mol. The van der Waals surface area contributed by atoms with Crippen LogP contribution in [-0.2, 0) is 11.2 Å². The molecule has 3 unspecified atom stereocenters. The fourth-order valence-electron chi connectivity index (χ4n) is 3.51. The van der Waals surface area contributed by atoms with Gasteiger partial charge in [-0.2, -0.15) is 0 Å². The van der Waals surface area contributed by atoms with Crippen LogP contribution in [0.2, 0.25) is 0 Å². The predicted octanol–water partition coefficient (Wildman–Crippen LogP) is 3.09. The van der Waals surface area contributed by atoms with Crippen molar-refractivity contribution in [3.05, 3.63) is 21.9 Å². The van der Waals surface area contributed by atoms with Gasteiger partial charge in [-0.15, -0.1) is 23.7 Å². The van der Waals surface area contributed by atoms with Gasteiger partial charge >= 0.3 is 0 Å². The van der Waals surface area contributed by atoms with Crippen molar-refractivity contribution < 1.29 is 4.79 Å². The largest absolute Gasteiger partial charge is 0.353 e. The van der Waals surface area contributed by atoms with Gasteiger partial charge in [-0.3, -0.25) is 4.79 Å². The zero-order valence-electron chi connectivity index (χ0n) is 12.6. The maximum absolute atomic E-state index is 12.6. The Hall–Kier alpha value is -0.580. The molecule has 1 fully saturated rings. The summed E-state index contributed by atoms with van der Waals surface area (Å²) in [6.45, 7) is 4.32. The van der Waals surface area contributed by atoms with E-state index >= 15 is 0 Å². The molecule has 0 aromatic carbocycles. The van der Waals surface area contributed by atoms with Crippen molar-refractivity contribution in [2.75, 3.05) is 13.1 Å². The lowest BCUT2D eigenvalue weighted by Crippen LogP contribution is -2.46. The Morgan fingerprint density at radius 2 is 2.29 bits per heavy atom. The van der Waals surface area contributed by atoms with Crippen molar-refractivity contribution in [1.29, 1.82) is 0 Å². The maximum Gasteiger partial charge on any atom is 0.227 e. The molecule has 1 saturated heterocycles. The van der Waals surface area contributed by atoms with E-state index in [0.29, 0.717) is 5.92 Å². The van der Waals surface area contributed by atoms with Crippen LogP contribution in [0, 0.1) is 5.92 Å². The van der Waals surface area contributed by atoms with Crippen molar-refractivity contribution in [3.8, 4) is 0 Å². The van der Waals surface area contributed by atoms with E-state index in [9.17, 15) is 4.79 Å². The van der Waals surface area contributed by atoms with Gasteiger partial charge in [0.05, 0.1) is 5.92 Å². The molecule has 0 radical (unpaired) electrons. The number of thiophene rings is 1. The summed E-state index contributed by atoms with van der Waals surface area (Å²) in [6.07, 6.45) is 5.75. The first kappa shape index (κ1) is 16.8. The lowest BCUT2D eigenvalue weighted by atomic mass is 9.86. The molecule has 21 heavy (non-hydrogen) atoms. The van der Waals surface area contributed by atoms with Crippen LogP contribution in [-0.4, -0.2) is 25.0 Å². The van der Waals surface area contributed by atoms with Gasteiger partial charge in [0.15, 0.2) is 0 Å². The highest BCUT2D eigenvalue weighted by atomic mass is 35.5.